The molecule has 2 aromatic carbocycles. The van der Waals surface area contributed by atoms with Crippen LogP contribution in [0.2, 0.25) is 0 Å². The van der Waals surface area contributed by atoms with Crippen molar-refractivity contribution >= 4 is 60.4 Å². The van der Waals surface area contributed by atoms with Gasteiger partial charge in [0, 0.05) is 26.2 Å². The summed E-state index contributed by atoms with van der Waals surface area (Å²) in [4.78, 5) is 82.6. The van der Waals surface area contributed by atoms with Gasteiger partial charge in [-0.25, -0.2) is 9.59 Å². The Bertz CT molecular complexity index is 1520. The van der Waals surface area contributed by atoms with Gasteiger partial charge in [0.25, 0.3) is 0 Å². The van der Waals surface area contributed by atoms with Crippen LogP contribution in [-0.4, -0.2) is 118 Å². The molecule has 0 radical (unpaired) electrons. The topological polar surface area (TPSA) is 197 Å². The van der Waals surface area contributed by atoms with E-state index in [1.54, 1.807) is 0 Å². The fraction of sp³-hybridized carbons (Fsp3) is 0.571. The Hall–Kier alpha value is -4.24. The molecule has 320 valence electrons. The largest absolute Gasteiger partial charge is 0.480 e. The van der Waals surface area contributed by atoms with E-state index in [0.29, 0.717) is 116 Å². The van der Waals surface area contributed by atoms with Crippen LogP contribution in [0.25, 0.3) is 0 Å². The van der Waals surface area contributed by atoms with E-state index in [2.05, 4.69) is 21.3 Å². The number of aryl methyl sites for hydroxylation is 2. The second-order valence-corrected chi connectivity index (χ2v) is 15.2. The minimum absolute atomic E-state index is 0. The number of amides is 4. The van der Waals surface area contributed by atoms with Gasteiger partial charge in [0.15, 0.2) is 0 Å². The molecule has 0 saturated carbocycles. The van der Waals surface area contributed by atoms with Gasteiger partial charge in [-0.15, -0.1) is 24.8 Å². The van der Waals surface area contributed by atoms with Crippen LogP contribution in [0.5, 0.6) is 0 Å². The van der Waals surface area contributed by atoms with Gasteiger partial charge in [0.2, 0.25) is 23.6 Å². The van der Waals surface area contributed by atoms with Crippen molar-refractivity contribution in [1.82, 2.24) is 31.1 Å². The zero-order valence-electron chi connectivity index (χ0n) is 33.0. The third-order valence-corrected chi connectivity index (χ3v) is 11.2. The Kier molecular flexibility index (Phi) is 20.4. The van der Waals surface area contributed by atoms with Crippen LogP contribution in [0, 0.1) is 0 Å². The molecule has 6 N–H and O–H groups in total. The number of likely N-dealkylation sites (tertiary alicyclic amines) is 2. The van der Waals surface area contributed by atoms with Crippen LogP contribution >= 0.6 is 24.8 Å². The van der Waals surface area contributed by atoms with Crippen molar-refractivity contribution in [3.63, 3.8) is 0 Å². The summed E-state index contributed by atoms with van der Waals surface area (Å²) in [6.07, 6.45) is 6.62. The zero-order chi connectivity index (χ0) is 39.9. The van der Waals surface area contributed by atoms with E-state index < -0.39 is 48.2 Å². The molecular formula is C42H60Cl2N6O8. The van der Waals surface area contributed by atoms with Gasteiger partial charge in [-0.1, -0.05) is 60.7 Å². The lowest BCUT2D eigenvalue weighted by atomic mass is 10.00. The molecule has 3 aliphatic rings. The van der Waals surface area contributed by atoms with Crippen LogP contribution in [0.4, 0.5) is 0 Å². The Balaban J connectivity index is 0.00000450. The van der Waals surface area contributed by atoms with E-state index in [9.17, 15) is 39.0 Å². The molecule has 0 bridgehead atoms. The van der Waals surface area contributed by atoms with E-state index in [-0.39, 0.29) is 48.4 Å². The van der Waals surface area contributed by atoms with Gasteiger partial charge < -0.3 is 30.6 Å². The molecule has 58 heavy (non-hydrogen) atoms. The number of nitrogens with zero attached hydrogens (tertiary/aromatic N) is 2. The number of rotatable bonds is 10. The smallest absolute Gasteiger partial charge is 0.326 e. The number of carboxylic acid groups (broad SMARTS) is 2. The Morgan fingerprint density at radius 1 is 0.552 bits per heavy atom. The van der Waals surface area contributed by atoms with E-state index in [1.165, 1.54) is 9.80 Å². The normalized spacial score (nSPS) is 25.2. The highest BCUT2D eigenvalue weighted by molar-refractivity contribution is 5.90. The molecule has 5 rings (SSSR count). The lowest BCUT2D eigenvalue weighted by Gasteiger charge is -2.31. The summed E-state index contributed by atoms with van der Waals surface area (Å²) >= 11 is 0. The fourth-order valence-electron chi connectivity index (χ4n) is 8.12. The molecule has 0 spiro atoms. The van der Waals surface area contributed by atoms with Crippen LogP contribution < -0.4 is 21.3 Å². The maximum atomic E-state index is 14.0. The van der Waals surface area contributed by atoms with Crippen LogP contribution in [0.15, 0.2) is 60.7 Å². The second kappa shape index (κ2) is 24.6. The summed E-state index contributed by atoms with van der Waals surface area (Å²) in [5.74, 6) is -3.30. The molecule has 2 aromatic rings. The summed E-state index contributed by atoms with van der Waals surface area (Å²) in [6.45, 7) is 1.27. The van der Waals surface area contributed by atoms with Crippen molar-refractivity contribution in [1.29, 1.82) is 0 Å². The van der Waals surface area contributed by atoms with Crippen molar-refractivity contribution in [3.05, 3.63) is 71.8 Å². The monoisotopic (exact) mass is 846 g/mol. The van der Waals surface area contributed by atoms with Crippen molar-refractivity contribution in [2.24, 2.45) is 0 Å². The highest BCUT2D eigenvalue weighted by atomic mass is 35.5. The first-order valence-corrected chi connectivity index (χ1v) is 20.3. The van der Waals surface area contributed by atoms with E-state index in [0.717, 1.165) is 11.1 Å². The summed E-state index contributed by atoms with van der Waals surface area (Å²) in [5, 5.41) is 32.4. The number of aliphatic carboxylic acids is 2. The Labute approximate surface area is 353 Å². The molecule has 3 saturated heterocycles. The van der Waals surface area contributed by atoms with Gasteiger partial charge in [0.05, 0.1) is 24.2 Å². The summed E-state index contributed by atoms with van der Waals surface area (Å²) < 4.78 is 0. The maximum absolute atomic E-state index is 14.0. The minimum atomic E-state index is -1.04. The van der Waals surface area contributed by atoms with E-state index in [1.807, 2.05) is 60.7 Å². The van der Waals surface area contributed by atoms with Crippen molar-refractivity contribution in [2.75, 3.05) is 26.2 Å². The molecule has 6 atom stereocenters. The quantitative estimate of drug-likeness (QED) is 0.206. The van der Waals surface area contributed by atoms with E-state index >= 15 is 0 Å². The first-order chi connectivity index (χ1) is 27.1. The van der Waals surface area contributed by atoms with Gasteiger partial charge in [0.1, 0.15) is 12.1 Å². The molecule has 4 amide bonds. The molecule has 3 aliphatic heterocycles. The number of nitrogens with one attached hydrogen (secondary N) is 4. The molecule has 16 heteroatoms. The first kappa shape index (κ1) is 48.1. The lowest BCUT2D eigenvalue weighted by molar-refractivity contribution is -0.149. The highest BCUT2D eigenvalue weighted by Crippen LogP contribution is 2.22. The number of carboxylic acids is 2. The number of hydrogen-bond donors (Lipinski definition) is 6. The molecule has 0 unspecified atom stereocenters. The lowest BCUT2D eigenvalue weighted by Crippen LogP contribution is -2.56. The van der Waals surface area contributed by atoms with Crippen LogP contribution in [-0.2, 0) is 41.6 Å². The zero-order valence-corrected chi connectivity index (χ0v) is 34.7. The number of halogens is 2. The highest BCUT2D eigenvalue weighted by Gasteiger charge is 2.40. The van der Waals surface area contributed by atoms with Gasteiger partial charge in [-0.2, -0.15) is 0 Å². The summed E-state index contributed by atoms with van der Waals surface area (Å²) in [5.41, 5.74) is 2.08. The third-order valence-electron chi connectivity index (χ3n) is 11.2. The number of carbonyl (C=O) groups is 6. The van der Waals surface area contributed by atoms with Crippen LogP contribution in [0.1, 0.15) is 88.2 Å². The number of benzene rings is 2. The van der Waals surface area contributed by atoms with Crippen molar-refractivity contribution in [3.8, 4) is 0 Å². The predicted molar refractivity (Wildman–Crippen MR) is 224 cm³/mol. The second-order valence-electron chi connectivity index (χ2n) is 15.2. The third kappa shape index (κ3) is 14.0. The summed E-state index contributed by atoms with van der Waals surface area (Å²) in [7, 11) is 0. The number of carbonyl (C=O) groups excluding carboxylic acids is 4. The average Bonchev–Trinajstić information content (AvgIpc) is 3.91. The molecular weight excluding hydrogens is 787 g/mol. The fourth-order valence-corrected chi connectivity index (χ4v) is 8.12. The Morgan fingerprint density at radius 3 is 1.29 bits per heavy atom. The molecule has 3 heterocycles. The van der Waals surface area contributed by atoms with Gasteiger partial charge in [-0.05, 0) is 101 Å². The SMILES string of the molecule is Cl.Cl.O=C1NCCCC[C@@H](C(=O)N2CCC[C@H]2C(=O)O)N[C@@H](CCc2ccccc2)C(=O)NCCCC[C@@H](C(=O)N2CCC[C@H]2C(=O)O)N[C@H]1CCc1ccccc1. The predicted octanol–water partition coefficient (Wildman–Crippen LogP) is 3.49. The average molecular weight is 848 g/mol. The van der Waals surface area contributed by atoms with Crippen LogP contribution in [0.3, 0.4) is 0 Å². The van der Waals surface area contributed by atoms with E-state index in [4.69, 9.17) is 0 Å². The Morgan fingerprint density at radius 2 is 0.931 bits per heavy atom. The first-order valence-electron chi connectivity index (χ1n) is 20.3. The summed E-state index contributed by atoms with van der Waals surface area (Å²) in [6, 6.07) is 14.6. The molecule has 14 nitrogen and oxygen atoms in total. The van der Waals surface area contributed by atoms with Crippen molar-refractivity contribution in [2.45, 2.75) is 126 Å². The molecule has 3 fully saturated rings. The van der Waals surface area contributed by atoms with Gasteiger partial charge in [-0.3, -0.25) is 29.8 Å². The van der Waals surface area contributed by atoms with Crippen molar-refractivity contribution < 1.29 is 39.0 Å². The molecule has 0 aromatic heterocycles. The maximum Gasteiger partial charge on any atom is 0.326 e. The standard InChI is InChI=1S/C42H58N6O8.2ClH/c49-37-31(23-21-29-13-3-1-4-14-29)45-33(39(51)47-27-11-19-35(47)41(53)54)17-7-10-26-44-38(50)32(24-22-30-15-5-2-6-16-30)46-34(18-8-9-25-43-37)40(52)48-28-12-20-36(48)42(55)56;;/h1-6,13-16,31-36,45-46H,7-12,17-28H2,(H,43,49)(H,44,50)(H,53,54)(H,55,56);2*1H/t31-,32-,33-,34-,35-,36-;;/m0../s1. The minimum Gasteiger partial charge on any atom is -0.480 e. The number of hydrogen-bond acceptors (Lipinski definition) is 8. The molecule has 0 aliphatic carbocycles. The van der Waals surface area contributed by atoms with Gasteiger partial charge >= 0.3 is 11.9 Å².